The molecular formula is C14H12BrClN2O2. The van der Waals surface area contributed by atoms with Crippen molar-refractivity contribution < 1.29 is 9.53 Å². The molecule has 0 aliphatic carbocycles. The lowest BCUT2D eigenvalue weighted by molar-refractivity contribution is 0.102. The fourth-order valence-electron chi connectivity index (χ4n) is 1.66. The summed E-state index contributed by atoms with van der Waals surface area (Å²) in [7, 11) is 1.54. The number of amides is 1. The van der Waals surface area contributed by atoms with Crippen molar-refractivity contribution in [2.45, 2.75) is 0 Å². The summed E-state index contributed by atoms with van der Waals surface area (Å²) in [6.07, 6.45) is 0. The number of hydrogen-bond acceptors (Lipinski definition) is 3. The summed E-state index contributed by atoms with van der Waals surface area (Å²) in [5.74, 6) is 0.285. The lowest BCUT2D eigenvalue weighted by Crippen LogP contribution is -2.13. The van der Waals surface area contributed by atoms with Gasteiger partial charge in [-0.3, -0.25) is 4.79 Å². The Balaban J connectivity index is 2.27. The van der Waals surface area contributed by atoms with Gasteiger partial charge in [0.2, 0.25) is 0 Å². The molecule has 0 spiro atoms. The Labute approximate surface area is 130 Å². The predicted molar refractivity (Wildman–Crippen MR) is 84.5 cm³/mol. The van der Waals surface area contributed by atoms with E-state index in [2.05, 4.69) is 21.2 Å². The van der Waals surface area contributed by atoms with Crippen LogP contribution >= 0.6 is 27.5 Å². The van der Waals surface area contributed by atoms with E-state index in [1.165, 1.54) is 6.07 Å². The molecule has 0 fully saturated rings. The van der Waals surface area contributed by atoms with E-state index < -0.39 is 0 Å². The highest BCUT2D eigenvalue weighted by Crippen LogP contribution is 2.28. The van der Waals surface area contributed by atoms with E-state index >= 15 is 0 Å². The van der Waals surface area contributed by atoms with Gasteiger partial charge < -0.3 is 15.8 Å². The SMILES string of the molecule is COc1ccc(Br)cc1NC(=O)c1ccc(Cl)c(N)c1. The van der Waals surface area contributed by atoms with E-state index in [-0.39, 0.29) is 5.91 Å². The third-order valence-electron chi connectivity index (χ3n) is 2.67. The minimum Gasteiger partial charge on any atom is -0.495 e. The molecule has 0 heterocycles. The summed E-state index contributed by atoms with van der Waals surface area (Å²) in [6, 6.07) is 10.1. The highest BCUT2D eigenvalue weighted by Gasteiger charge is 2.11. The van der Waals surface area contributed by atoms with Crippen LogP contribution in [0.2, 0.25) is 5.02 Å². The summed E-state index contributed by atoms with van der Waals surface area (Å²) in [5, 5.41) is 3.19. The van der Waals surface area contributed by atoms with Gasteiger partial charge in [0, 0.05) is 10.0 Å². The minimum absolute atomic E-state index is 0.287. The predicted octanol–water partition coefficient (Wildman–Crippen LogP) is 3.95. The molecule has 0 aliphatic rings. The normalized spacial score (nSPS) is 10.2. The molecule has 2 aromatic rings. The number of rotatable bonds is 3. The molecule has 0 unspecified atom stereocenters. The number of carbonyl (C=O) groups is 1. The molecular weight excluding hydrogens is 344 g/mol. The molecule has 3 N–H and O–H groups in total. The minimum atomic E-state index is -0.287. The van der Waals surface area contributed by atoms with Crippen LogP contribution in [0.15, 0.2) is 40.9 Å². The number of anilines is 2. The Morgan fingerprint density at radius 1 is 1.30 bits per heavy atom. The van der Waals surface area contributed by atoms with Crippen LogP contribution in [0.4, 0.5) is 11.4 Å². The van der Waals surface area contributed by atoms with E-state index in [0.717, 1.165) is 4.47 Å². The van der Waals surface area contributed by atoms with Crippen molar-refractivity contribution in [3.63, 3.8) is 0 Å². The van der Waals surface area contributed by atoms with Crippen LogP contribution in [0.3, 0.4) is 0 Å². The van der Waals surface area contributed by atoms with Crippen LogP contribution < -0.4 is 15.8 Å². The standard InChI is InChI=1S/C14H12BrClN2O2/c1-20-13-5-3-9(15)7-12(13)18-14(19)8-2-4-10(16)11(17)6-8/h2-7H,17H2,1H3,(H,18,19). The molecule has 20 heavy (non-hydrogen) atoms. The molecule has 104 valence electrons. The second kappa shape index (κ2) is 6.15. The average molecular weight is 356 g/mol. The van der Waals surface area contributed by atoms with Gasteiger partial charge in [0.05, 0.1) is 23.5 Å². The molecule has 0 aromatic heterocycles. The van der Waals surface area contributed by atoms with Crippen molar-refractivity contribution in [3.05, 3.63) is 51.5 Å². The number of hydrogen-bond donors (Lipinski definition) is 2. The Hall–Kier alpha value is -1.72. The van der Waals surface area contributed by atoms with Crippen molar-refractivity contribution in [1.29, 1.82) is 0 Å². The molecule has 0 bridgehead atoms. The zero-order valence-electron chi connectivity index (χ0n) is 10.6. The topological polar surface area (TPSA) is 64.3 Å². The largest absolute Gasteiger partial charge is 0.495 e. The molecule has 0 atom stereocenters. The molecule has 4 nitrogen and oxygen atoms in total. The van der Waals surface area contributed by atoms with Crippen LogP contribution in [0.1, 0.15) is 10.4 Å². The van der Waals surface area contributed by atoms with Gasteiger partial charge in [-0.1, -0.05) is 27.5 Å². The van der Waals surface area contributed by atoms with Gasteiger partial charge in [0.25, 0.3) is 5.91 Å². The van der Waals surface area contributed by atoms with Crippen LogP contribution in [-0.4, -0.2) is 13.0 Å². The van der Waals surface area contributed by atoms with E-state index in [1.54, 1.807) is 31.4 Å². The summed E-state index contributed by atoms with van der Waals surface area (Å²) < 4.78 is 6.04. The molecule has 2 aromatic carbocycles. The highest BCUT2D eigenvalue weighted by molar-refractivity contribution is 9.10. The third kappa shape index (κ3) is 3.23. The van der Waals surface area contributed by atoms with E-state index in [4.69, 9.17) is 22.1 Å². The quantitative estimate of drug-likeness (QED) is 0.820. The fourth-order valence-corrected chi connectivity index (χ4v) is 2.14. The van der Waals surface area contributed by atoms with Crippen LogP contribution in [0, 0.1) is 0 Å². The number of methoxy groups -OCH3 is 1. The lowest BCUT2D eigenvalue weighted by atomic mass is 10.2. The third-order valence-corrected chi connectivity index (χ3v) is 3.51. The van der Waals surface area contributed by atoms with Crippen molar-refractivity contribution in [2.75, 3.05) is 18.2 Å². The van der Waals surface area contributed by atoms with Crippen LogP contribution in [0.25, 0.3) is 0 Å². The first kappa shape index (κ1) is 14.7. The van der Waals surface area contributed by atoms with E-state index in [9.17, 15) is 4.79 Å². The Morgan fingerprint density at radius 3 is 2.70 bits per heavy atom. The summed E-state index contributed by atoms with van der Waals surface area (Å²) in [6.45, 7) is 0. The molecule has 6 heteroatoms. The number of benzene rings is 2. The summed E-state index contributed by atoms with van der Waals surface area (Å²) in [5.41, 5.74) is 7.04. The number of nitrogens with two attached hydrogens (primary N) is 1. The second-order valence-corrected chi connectivity index (χ2v) is 5.36. The maximum Gasteiger partial charge on any atom is 0.255 e. The van der Waals surface area contributed by atoms with Crippen LogP contribution in [0.5, 0.6) is 5.75 Å². The van der Waals surface area contributed by atoms with Crippen molar-refractivity contribution in [2.24, 2.45) is 0 Å². The first-order valence-electron chi connectivity index (χ1n) is 5.71. The van der Waals surface area contributed by atoms with E-state index in [0.29, 0.717) is 27.7 Å². The van der Waals surface area contributed by atoms with Gasteiger partial charge in [0.15, 0.2) is 0 Å². The molecule has 0 saturated heterocycles. The molecule has 1 amide bonds. The summed E-state index contributed by atoms with van der Waals surface area (Å²) >= 11 is 9.18. The lowest BCUT2D eigenvalue weighted by Gasteiger charge is -2.11. The maximum absolute atomic E-state index is 12.2. The van der Waals surface area contributed by atoms with Crippen molar-refractivity contribution in [3.8, 4) is 5.75 Å². The van der Waals surface area contributed by atoms with Crippen molar-refractivity contribution in [1.82, 2.24) is 0 Å². The van der Waals surface area contributed by atoms with Crippen molar-refractivity contribution >= 4 is 44.8 Å². The molecule has 0 aliphatic heterocycles. The number of nitrogen functional groups attached to an aromatic ring is 1. The number of ether oxygens (including phenoxy) is 1. The zero-order valence-corrected chi connectivity index (χ0v) is 13.0. The maximum atomic E-state index is 12.2. The molecule has 0 saturated carbocycles. The summed E-state index contributed by atoms with van der Waals surface area (Å²) in [4.78, 5) is 12.2. The van der Waals surface area contributed by atoms with E-state index in [1.807, 2.05) is 6.07 Å². The Kier molecular flexibility index (Phi) is 4.52. The highest BCUT2D eigenvalue weighted by atomic mass is 79.9. The van der Waals surface area contributed by atoms with Gasteiger partial charge in [0.1, 0.15) is 5.75 Å². The zero-order chi connectivity index (χ0) is 14.7. The second-order valence-electron chi connectivity index (χ2n) is 4.04. The monoisotopic (exact) mass is 354 g/mol. The average Bonchev–Trinajstić information content (AvgIpc) is 2.42. The number of nitrogens with one attached hydrogen (secondary N) is 1. The Bertz CT molecular complexity index is 662. The fraction of sp³-hybridized carbons (Fsp3) is 0.0714. The van der Waals surface area contributed by atoms with Gasteiger partial charge in [-0.2, -0.15) is 0 Å². The van der Waals surface area contributed by atoms with Gasteiger partial charge in [-0.25, -0.2) is 0 Å². The number of carbonyl (C=O) groups excluding carboxylic acids is 1. The van der Waals surface area contributed by atoms with Crippen LogP contribution in [-0.2, 0) is 0 Å². The Morgan fingerprint density at radius 2 is 2.05 bits per heavy atom. The van der Waals surface area contributed by atoms with Gasteiger partial charge >= 0.3 is 0 Å². The molecule has 2 rings (SSSR count). The smallest absolute Gasteiger partial charge is 0.255 e. The number of halogens is 2. The van der Waals surface area contributed by atoms with Gasteiger partial charge in [-0.05, 0) is 36.4 Å². The first-order chi connectivity index (χ1) is 9.51. The first-order valence-corrected chi connectivity index (χ1v) is 6.88. The molecule has 0 radical (unpaired) electrons. The van der Waals surface area contributed by atoms with Gasteiger partial charge in [-0.15, -0.1) is 0 Å².